The zero-order chi connectivity index (χ0) is 13.8. The van der Waals surface area contributed by atoms with Crippen LogP contribution in [0.5, 0.6) is 0 Å². The fourth-order valence-electron chi connectivity index (χ4n) is 1.62. The van der Waals surface area contributed by atoms with Crippen LogP contribution >= 0.6 is 34.3 Å². The number of nitrogens with one attached hydrogen (secondary N) is 2. The first-order valence-electron chi connectivity index (χ1n) is 5.63. The van der Waals surface area contributed by atoms with Gasteiger partial charge >= 0.3 is 0 Å². The Balaban J connectivity index is 1.88. The van der Waals surface area contributed by atoms with Crippen molar-refractivity contribution in [3.63, 3.8) is 0 Å². The second kappa shape index (κ2) is 6.12. The van der Waals surface area contributed by atoms with Gasteiger partial charge < -0.3 is 10.6 Å². The minimum absolute atomic E-state index is 0.260. The van der Waals surface area contributed by atoms with E-state index in [9.17, 15) is 0 Å². The number of hydrogen-bond donors (Lipinski definition) is 2. The molecule has 0 radical (unpaired) electrons. The van der Waals surface area contributed by atoms with Crippen LogP contribution in [0.25, 0.3) is 0 Å². The van der Waals surface area contributed by atoms with Crippen LogP contribution in [0.2, 0.25) is 5.02 Å². The molecular weight excluding hydrogens is 316 g/mol. The fraction of sp³-hybridized carbons (Fsp3) is 0.0909. The lowest BCUT2D eigenvalue weighted by Crippen LogP contribution is -2.20. The van der Waals surface area contributed by atoms with E-state index in [2.05, 4.69) is 31.0 Å². The molecule has 2 heterocycles. The molecule has 0 atom stereocenters. The van der Waals surface area contributed by atoms with Crippen LogP contribution in [0.15, 0.2) is 35.3 Å². The predicted octanol–water partition coefficient (Wildman–Crippen LogP) is 3.27. The summed E-state index contributed by atoms with van der Waals surface area (Å²) in [6.07, 6.45) is -0.260. The number of aromatic nitrogens is 4. The molecule has 20 heavy (non-hydrogen) atoms. The molecule has 1 aromatic carbocycles. The smallest absolute Gasteiger partial charge is 0.207 e. The molecule has 0 aliphatic carbocycles. The van der Waals surface area contributed by atoms with Gasteiger partial charge in [0, 0.05) is 10.6 Å². The Morgan fingerprint density at radius 3 is 2.05 bits per heavy atom. The summed E-state index contributed by atoms with van der Waals surface area (Å²) in [7, 11) is 0. The van der Waals surface area contributed by atoms with Gasteiger partial charge in [0.05, 0.1) is 0 Å². The van der Waals surface area contributed by atoms with Crippen LogP contribution in [-0.2, 0) is 0 Å². The first-order chi connectivity index (χ1) is 9.83. The summed E-state index contributed by atoms with van der Waals surface area (Å²) in [6.45, 7) is 0. The van der Waals surface area contributed by atoms with E-state index >= 15 is 0 Å². The maximum atomic E-state index is 6.25. The van der Waals surface area contributed by atoms with Crippen molar-refractivity contribution in [2.45, 2.75) is 6.17 Å². The quantitative estimate of drug-likeness (QED) is 0.702. The van der Waals surface area contributed by atoms with Crippen LogP contribution in [0.3, 0.4) is 0 Å². The Kier molecular flexibility index (Phi) is 4.05. The summed E-state index contributed by atoms with van der Waals surface area (Å²) in [4.78, 5) is 0. The Labute approximate surface area is 127 Å². The molecule has 3 aromatic rings. The molecule has 0 bridgehead atoms. The molecule has 0 unspecified atom stereocenters. The van der Waals surface area contributed by atoms with Crippen LogP contribution < -0.4 is 10.6 Å². The van der Waals surface area contributed by atoms with E-state index in [1.165, 1.54) is 22.7 Å². The zero-order valence-corrected chi connectivity index (χ0v) is 12.4. The molecule has 0 amide bonds. The van der Waals surface area contributed by atoms with E-state index in [4.69, 9.17) is 11.6 Å². The zero-order valence-electron chi connectivity index (χ0n) is 10.0. The summed E-state index contributed by atoms with van der Waals surface area (Å²) < 4.78 is 0. The van der Waals surface area contributed by atoms with Crippen molar-refractivity contribution in [1.29, 1.82) is 0 Å². The topological polar surface area (TPSA) is 75.6 Å². The Hall–Kier alpha value is -1.77. The first kappa shape index (κ1) is 13.2. The van der Waals surface area contributed by atoms with E-state index in [0.717, 1.165) is 5.56 Å². The van der Waals surface area contributed by atoms with Crippen molar-refractivity contribution in [3.05, 3.63) is 45.9 Å². The molecule has 0 aliphatic heterocycles. The number of halogens is 1. The summed E-state index contributed by atoms with van der Waals surface area (Å²) in [5, 5.41) is 24.1. The largest absolute Gasteiger partial charge is 0.336 e. The molecule has 9 heteroatoms. The van der Waals surface area contributed by atoms with E-state index in [1.54, 1.807) is 11.0 Å². The van der Waals surface area contributed by atoms with Gasteiger partial charge in [0.1, 0.15) is 17.2 Å². The highest BCUT2D eigenvalue weighted by atomic mass is 35.5. The number of rotatable bonds is 5. The lowest BCUT2D eigenvalue weighted by atomic mass is 10.2. The highest BCUT2D eigenvalue weighted by Crippen LogP contribution is 2.28. The molecule has 6 nitrogen and oxygen atoms in total. The molecule has 0 saturated heterocycles. The van der Waals surface area contributed by atoms with Gasteiger partial charge in [0.25, 0.3) is 0 Å². The third-order valence-corrected chi connectivity index (χ3v) is 4.06. The van der Waals surface area contributed by atoms with Gasteiger partial charge in [-0.15, -0.1) is 20.4 Å². The van der Waals surface area contributed by atoms with Gasteiger partial charge in [0.2, 0.25) is 10.3 Å². The Bertz CT molecular complexity index is 621. The van der Waals surface area contributed by atoms with Crippen LogP contribution in [0, 0.1) is 0 Å². The van der Waals surface area contributed by atoms with Crippen molar-refractivity contribution >= 4 is 44.5 Å². The van der Waals surface area contributed by atoms with Gasteiger partial charge in [-0.25, -0.2) is 0 Å². The Morgan fingerprint density at radius 2 is 1.55 bits per heavy atom. The molecular formula is C11H9ClN6S2. The maximum Gasteiger partial charge on any atom is 0.207 e. The van der Waals surface area contributed by atoms with E-state index in [1.807, 2.05) is 24.3 Å². The van der Waals surface area contributed by atoms with Crippen molar-refractivity contribution in [2.24, 2.45) is 0 Å². The van der Waals surface area contributed by atoms with E-state index in [-0.39, 0.29) is 6.17 Å². The third kappa shape index (κ3) is 3.03. The van der Waals surface area contributed by atoms with Crippen molar-refractivity contribution in [1.82, 2.24) is 20.4 Å². The minimum Gasteiger partial charge on any atom is -0.336 e. The summed E-state index contributed by atoms with van der Waals surface area (Å²) >= 11 is 9.08. The molecule has 2 N–H and O–H groups in total. The monoisotopic (exact) mass is 324 g/mol. The summed E-state index contributed by atoms with van der Waals surface area (Å²) in [5.41, 5.74) is 4.23. The van der Waals surface area contributed by atoms with Crippen LogP contribution in [0.4, 0.5) is 10.3 Å². The van der Waals surface area contributed by atoms with Gasteiger partial charge in [-0.1, -0.05) is 52.5 Å². The van der Waals surface area contributed by atoms with Crippen LogP contribution in [-0.4, -0.2) is 20.4 Å². The predicted molar refractivity (Wildman–Crippen MR) is 81.3 cm³/mol. The molecule has 0 spiro atoms. The van der Waals surface area contributed by atoms with Crippen LogP contribution in [0.1, 0.15) is 11.7 Å². The van der Waals surface area contributed by atoms with Gasteiger partial charge in [0.15, 0.2) is 0 Å². The van der Waals surface area contributed by atoms with Crippen molar-refractivity contribution < 1.29 is 0 Å². The SMILES string of the molecule is Clc1ccccc1C(Nc1nncs1)Nc1nncs1. The van der Waals surface area contributed by atoms with E-state index < -0.39 is 0 Å². The molecule has 0 saturated carbocycles. The summed E-state index contributed by atoms with van der Waals surface area (Å²) in [6, 6.07) is 7.60. The fourth-order valence-corrected chi connectivity index (χ4v) is 2.81. The Morgan fingerprint density at radius 1 is 0.950 bits per heavy atom. The third-order valence-electron chi connectivity index (χ3n) is 2.47. The standard InChI is InChI=1S/C11H9ClN6S2/c12-8-4-2-1-3-7(8)9(15-10-17-13-5-19-10)16-11-18-14-6-20-11/h1-6,9H,(H,15,17)(H,16,18). The highest BCUT2D eigenvalue weighted by Gasteiger charge is 2.16. The number of nitrogens with zero attached hydrogens (tertiary/aromatic N) is 4. The second-order valence-electron chi connectivity index (χ2n) is 3.73. The maximum absolute atomic E-state index is 6.25. The average Bonchev–Trinajstić information content (AvgIpc) is 3.12. The average molecular weight is 325 g/mol. The molecule has 3 rings (SSSR count). The molecule has 2 aromatic heterocycles. The number of hydrogen-bond acceptors (Lipinski definition) is 8. The van der Waals surface area contributed by atoms with Gasteiger partial charge in [-0.2, -0.15) is 0 Å². The van der Waals surface area contributed by atoms with Crippen molar-refractivity contribution in [2.75, 3.05) is 10.6 Å². The van der Waals surface area contributed by atoms with Gasteiger partial charge in [-0.05, 0) is 6.07 Å². The lowest BCUT2D eigenvalue weighted by Gasteiger charge is -2.20. The second-order valence-corrected chi connectivity index (χ2v) is 5.80. The molecule has 0 aliphatic rings. The highest BCUT2D eigenvalue weighted by molar-refractivity contribution is 7.13. The number of benzene rings is 1. The summed E-state index contributed by atoms with van der Waals surface area (Å²) in [5.74, 6) is 0. The first-order valence-corrected chi connectivity index (χ1v) is 7.76. The van der Waals surface area contributed by atoms with Crippen molar-refractivity contribution in [3.8, 4) is 0 Å². The number of anilines is 2. The minimum atomic E-state index is -0.260. The lowest BCUT2D eigenvalue weighted by molar-refractivity contribution is 0.879. The molecule has 102 valence electrons. The van der Waals surface area contributed by atoms with E-state index in [0.29, 0.717) is 15.3 Å². The van der Waals surface area contributed by atoms with Gasteiger partial charge in [-0.3, -0.25) is 0 Å². The molecule has 0 fully saturated rings. The normalized spacial score (nSPS) is 10.7.